The van der Waals surface area contributed by atoms with Crippen LogP contribution in [-0.2, 0) is 12.6 Å². The molecule has 3 atom stereocenters. The maximum absolute atomic E-state index is 13.0. The predicted molar refractivity (Wildman–Crippen MR) is 101 cm³/mol. The number of carbonyl (C=O) groups is 1. The third kappa shape index (κ3) is 3.36. The van der Waals surface area contributed by atoms with E-state index in [0.717, 1.165) is 29.7 Å². The second-order valence-electron chi connectivity index (χ2n) is 7.86. The summed E-state index contributed by atoms with van der Waals surface area (Å²) in [4.78, 5) is 14.7. The van der Waals surface area contributed by atoms with Gasteiger partial charge < -0.3 is 10.2 Å². The van der Waals surface area contributed by atoms with E-state index in [9.17, 15) is 18.0 Å². The molecule has 2 aromatic carbocycles. The van der Waals surface area contributed by atoms with Gasteiger partial charge in [0, 0.05) is 12.6 Å². The average Bonchev–Trinajstić information content (AvgIpc) is 3.24. The smallest absolute Gasteiger partial charge is 0.335 e. The molecule has 3 unspecified atom stereocenters. The van der Waals surface area contributed by atoms with Gasteiger partial charge in [0.15, 0.2) is 0 Å². The molecule has 0 aromatic heterocycles. The largest absolute Gasteiger partial charge is 0.416 e. The molecule has 1 saturated carbocycles. The molecular formula is C22H23F3N2O. The molecule has 0 bridgehead atoms. The molecule has 148 valence electrons. The molecule has 1 N–H and O–H groups in total. The highest BCUT2D eigenvalue weighted by Crippen LogP contribution is 2.40. The van der Waals surface area contributed by atoms with Gasteiger partial charge in [0.25, 0.3) is 0 Å². The first-order valence-electron chi connectivity index (χ1n) is 9.59. The van der Waals surface area contributed by atoms with E-state index < -0.39 is 17.8 Å². The lowest BCUT2D eigenvalue weighted by Crippen LogP contribution is -2.47. The SMILES string of the molecule is CC1C(C)C1NC(=O)N1CCc2ccccc2C1c1ccc(C(F)(F)F)cc1. The zero-order valence-corrected chi connectivity index (χ0v) is 15.8. The number of nitrogens with one attached hydrogen (secondary N) is 1. The van der Waals surface area contributed by atoms with Crippen LogP contribution in [0.4, 0.5) is 18.0 Å². The van der Waals surface area contributed by atoms with E-state index in [2.05, 4.69) is 19.2 Å². The molecule has 3 nitrogen and oxygen atoms in total. The third-order valence-electron chi connectivity index (χ3n) is 6.21. The minimum atomic E-state index is -4.38. The van der Waals surface area contributed by atoms with Gasteiger partial charge in [-0.25, -0.2) is 4.79 Å². The second-order valence-corrected chi connectivity index (χ2v) is 7.86. The Bertz CT molecular complexity index is 870. The lowest BCUT2D eigenvalue weighted by molar-refractivity contribution is -0.137. The third-order valence-corrected chi connectivity index (χ3v) is 6.21. The Morgan fingerprint density at radius 3 is 2.29 bits per heavy atom. The number of fused-ring (bicyclic) bond motifs is 1. The Labute approximate surface area is 162 Å². The van der Waals surface area contributed by atoms with E-state index >= 15 is 0 Å². The minimum absolute atomic E-state index is 0.152. The molecule has 1 heterocycles. The van der Waals surface area contributed by atoms with Gasteiger partial charge in [-0.2, -0.15) is 13.2 Å². The predicted octanol–water partition coefficient (Wildman–Crippen LogP) is 5.02. The van der Waals surface area contributed by atoms with E-state index in [1.165, 1.54) is 12.1 Å². The van der Waals surface area contributed by atoms with Crippen molar-refractivity contribution in [2.75, 3.05) is 6.54 Å². The van der Waals surface area contributed by atoms with Crippen molar-refractivity contribution in [1.82, 2.24) is 10.2 Å². The number of nitrogens with zero attached hydrogens (tertiary/aromatic N) is 1. The molecule has 1 aliphatic carbocycles. The van der Waals surface area contributed by atoms with Crippen molar-refractivity contribution in [3.63, 3.8) is 0 Å². The van der Waals surface area contributed by atoms with Crippen molar-refractivity contribution in [3.8, 4) is 0 Å². The van der Waals surface area contributed by atoms with Gasteiger partial charge in [-0.1, -0.05) is 50.2 Å². The van der Waals surface area contributed by atoms with Gasteiger partial charge in [-0.3, -0.25) is 0 Å². The van der Waals surface area contributed by atoms with Crippen LogP contribution in [-0.4, -0.2) is 23.5 Å². The van der Waals surface area contributed by atoms with Gasteiger partial charge in [0.1, 0.15) is 0 Å². The lowest BCUT2D eigenvalue weighted by Gasteiger charge is -2.38. The van der Waals surface area contributed by atoms with E-state index in [1.807, 2.05) is 24.3 Å². The highest BCUT2D eigenvalue weighted by Gasteiger charge is 2.45. The summed E-state index contributed by atoms with van der Waals surface area (Å²) >= 11 is 0. The fourth-order valence-corrected chi connectivity index (χ4v) is 4.15. The first kappa shape index (κ1) is 18.8. The molecular weight excluding hydrogens is 365 g/mol. The van der Waals surface area contributed by atoms with Gasteiger partial charge in [0.05, 0.1) is 11.6 Å². The van der Waals surface area contributed by atoms with E-state index in [0.29, 0.717) is 23.9 Å². The zero-order chi connectivity index (χ0) is 20.1. The zero-order valence-electron chi connectivity index (χ0n) is 15.8. The molecule has 6 heteroatoms. The summed E-state index contributed by atoms with van der Waals surface area (Å²) in [6.07, 6.45) is -3.64. The highest BCUT2D eigenvalue weighted by molar-refractivity contribution is 5.77. The second kappa shape index (κ2) is 6.83. The number of hydrogen-bond acceptors (Lipinski definition) is 1. The van der Waals surface area contributed by atoms with Crippen LogP contribution < -0.4 is 5.32 Å². The molecule has 0 radical (unpaired) electrons. The monoisotopic (exact) mass is 388 g/mol. The van der Waals surface area contributed by atoms with Crippen molar-refractivity contribution in [1.29, 1.82) is 0 Å². The summed E-state index contributed by atoms with van der Waals surface area (Å²) in [6.45, 7) is 4.74. The number of carbonyl (C=O) groups excluding carboxylic acids is 1. The molecule has 2 aliphatic rings. The Hall–Kier alpha value is -2.50. The molecule has 28 heavy (non-hydrogen) atoms. The summed E-state index contributed by atoms with van der Waals surface area (Å²) in [6, 6.07) is 12.6. The van der Waals surface area contributed by atoms with Crippen LogP contribution in [0.5, 0.6) is 0 Å². The van der Waals surface area contributed by atoms with Gasteiger partial charge in [0.2, 0.25) is 0 Å². The summed E-state index contributed by atoms with van der Waals surface area (Å²) in [7, 11) is 0. The van der Waals surface area contributed by atoms with Crippen molar-refractivity contribution in [3.05, 3.63) is 70.8 Å². The van der Waals surface area contributed by atoms with E-state index in [4.69, 9.17) is 0 Å². The molecule has 2 aromatic rings. The van der Waals surface area contributed by atoms with E-state index in [-0.39, 0.29) is 12.1 Å². The van der Waals surface area contributed by atoms with Crippen LogP contribution >= 0.6 is 0 Å². The molecule has 0 saturated heterocycles. The van der Waals surface area contributed by atoms with E-state index in [1.54, 1.807) is 4.90 Å². The van der Waals surface area contributed by atoms with Crippen molar-refractivity contribution in [2.24, 2.45) is 11.8 Å². The first-order chi connectivity index (χ1) is 13.3. The number of hydrogen-bond donors (Lipinski definition) is 1. The average molecular weight is 388 g/mol. The fourth-order valence-electron chi connectivity index (χ4n) is 4.15. The molecule has 1 fully saturated rings. The van der Waals surface area contributed by atoms with Gasteiger partial charge in [-0.05, 0) is 47.1 Å². The quantitative estimate of drug-likeness (QED) is 0.770. The standard InChI is InChI=1S/C22H23F3N2O/c1-13-14(2)19(13)26-21(28)27-12-11-15-5-3-4-6-18(15)20(27)16-7-9-17(10-8-16)22(23,24)25/h3-10,13-14,19-20H,11-12H2,1-2H3,(H,26,28). The summed E-state index contributed by atoms with van der Waals surface area (Å²) in [5.74, 6) is 0.899. The number of urea groups is 1. The lowest BCUT2D eigenvalue weighted by atomic mass is 9.88. The number of alkyl halides is 3. The van der Waals surface area contributed by atoms with Crippen molar-refractivity contribution >= 4 is 6.03 Å². The maximum Gasteiger partial charge on any atom is 0.416 e. The first-order valence-corrected chi connectivity index (χ1v) is 9.59. The van der Waals surface area contributed by atoms with Crippen LogP contribution in [0, 0.1) is 11.8 Å². The Kier molecular flexibility index (Phi) is 4.60. The van der Waals surface area contributed by atoms with Gasteiger partial charge in [-0.15, -0.1) is 0 Å². The van der Waals surface area contributed by atoms with Crippen LogP contribution in [0.15, 0.2) is 48.5 Å². The molecule has 0 spiro atoms. The van der Waals surface area contributed by atoms with Crippen molar-refractivity contribution in [2.45, 2.75) is 38.5 Å². The summed E-state index contributed by atoms with van der Waals surface area (Å²) < 4.78 is 38.9. The van der Waals surface area contributed by atoms with Crippen LogP contribution in [0.25, 0.3) is 0 Å². The summed E-state index contributed by atoms with van der Waals surface area (Å²) in [5.41, 5.74) is 2.11. The maximum atomic E-state index is 13.0. The van der Waals surface area contributed by atoms with Crippen LogP contribution in [0.3, 0.4) is 0 Å². The topological polar surface area (TPSA) is 32.3 Å². The number of halogens is 3. The van der Waals surface area contributed by atoms with Crippen LogP contribution in [0.1, 0.15) is 42.1 Å². The number of amides is 2. The Morgan fingerprint density at radius 2 is 1.68 bits per heavy atom. The summed E-state index contributed by atoms with van der Waals surface area (Å²) in [5, 5.41) is 3.10. The normalized spacial score (nSPS) is 26.5. The number of benzene rings is 2. The van der Waals surface area contributed by atoms with Crippen molar-refractivity contribution < 1.29 is 18.0 Å². The minimum Gasteiger partial charge on any atom is -0.335 e. The molecule has 2 amide bonds. The Morgan fingerprint density at radius 1 is 1.04 bits per heavy atom. The number of rotatable bonds is 2. The van der Waals surface area contributed by atoms with Gasteiger partial charge >= 0.3 is 12.2 Å². The fraction of sp³-hybridized carbons (Fsp3) is 0.409. The highest BCUT2D eigenvalue weighted by atomic mass is 19.4. The van der Waals surface area contributed by atoms with Crippen LogP contribution in [0.2, 0.25) is 0 Å². The molecule has 1 aliphatic heterocycles. The molecule has 4 rings (SSSR count). The Balaban J connectivity index is 1.67.